The van der Waals surface area contributed by atoms with Crippen molar-refractivity contribution in [1.82, 2.24) is 20.2 Å². The monoisotopic (exact) mass is 581 g/mol. The van der Waals surface area contributed by atoms with Crippen molar-refractivity contribution in [1.29, 1.82) is 0 Å². The van der Waals surface area contributed by atoms with E-state index in [4.69, 9.17) is 31.2 Å². The highest BCUT2D eigenvalue weighted by molar-refractivity contribution is 6.33. The summed E-state index contributed by atoms with van der Waals surface area (Å²) in [6, 6.07) is 13.7. The average molecular weight is 582 g/mol. The molecule has 5 heterocycles. The number of rotatable bonds is 6. The molecular weight excluding hydrogens is 545 g/mol. The maximum absolute atomic E-state index is 13.7. The van der Waals surface area contributed by atoms with Crippen LogP contribution in [-0.2, 0) is 16.8 Å². The van der Waals surface area contributed by atoms with Crippen molar-refractivity contribution in [3.05, 3.63) is 70.8 Å². The van der Waals surface area contributed by atoms with Gasteiger partial charge in [0.25, 0.3) is 6.47 Å². The van der Waals surface area contributed by atoms with Crippen LogP contribution >= 0.6 is 11.6 Å². The molecule has 8 nitrogen and oxygen atoms in total. The number of anilines is 1. The predicted octanol–water partition coefficient (Wildman–Crippen LogP) is 5.14. The molecule has 0 radical (unpaired) electrons. The topological polar surface area (TPSA) is 90.8 Å². The number of hydrogen-bond donors (Lipinski definition) is 2. The summed E-state index contributed by atoms with van der Waals surface area (Å²) >= 11 is 6.43. The summed E-state index contributed by atoms with van der Waals surface area (Å²) in [5.74, 6) is 0.331. The van der Waals surface area contributed by atoms with Gasteiger partial charge in [-0.15, -0.1) is 0 Å². The Morgan fingerprint density at radius 1 is 1.24 bits per heavy atom. The second-order valence-electron chi connectivity index (χ2n) is 10.9. The normalized spacial score (nSPS) is 19.8. The van der Waals surface area contributed by atoms with Gasteiger partial charge in [0.2, 0.25) is 5.88 Å². The highest BCUT2D eigenvalue weighted by Crippen LogP contribution is 2.44. The van der Waals surface area contributed by atoms with Crippen molar-refractivity contribution in [2.45, 2.75) is 50.6 Å². The third-order valence-corrected chi connectivity index (χ3v) is 8.69. The largest absolute Gasteiger partial charge is 0.483 e. The second-order valence-corrected chi connectivity index (χ2v) is 11.3. The third-order valence-electron chi connectivity index (χ3n) is 8.39. The van der Waals surface area contributed by atoms with Crippen molar-refractivity contribution in [3.63, 3.8) is 0 Å². The van der Waals surface area contributed by atoms with Gasteiger partial charge in [-0.2, -0.15) is 0 Å². The molecule has 3 aromatic rings. The fourth-order valence-corrected chi connectivity index (χ4v) is 6.85. The molecule has 41 heavy (non-hydrogen) atoms. The van der Waals surface area contributed by atoms with Crippen LogP contribution in [0.4, 0.5) is 10.1 Å². The molecule has 2 N–H and O–H groups in total. The van der Waals surface area contributed by atoms with Gasteiger partial charge in [0.05, 0.1) is 34.3 Å². The molecule has 1 atom stereocenters. The number of carboxylic acid groups (broad SMARTS) is 1. The average Bonchev–Trinajstić information content (AvgIpc) is 3.48. The van der Waals surface area contributed by atoms with Gasteiger partial charge in [-0.3, -0.25) is 14.7 Å². The van der Waals surface area contributed by atoms with Crippen molar-refractivity contribution in [3.8, 4) is 17.1 Å². The van der Waals surface area contributed by atoms with E-state index >= 15 is 0 Å². The van der Waals surface area contributed by atoms with Crippen molar-refractivity contribution >= 4 is 23.8 Å². The number of pyridine rings is 2. The van der Waals surface area contributed by atoms with Crippen LogP contribution in [0.2, 0.25) is 5.02 Å². The van der Waals surface area contributed by atoms with Gasteiger partial charge in [0.15, 0.2) is 0 Å². The number of benzene rings is 1. The minimum atomic E-state index is -0.299. The Morgan fingerprint density at radius 2 is 2.05 bits per heavy atom. The van der Waals surface area contributed by atoms with Crippen LogP contribution in [0.3, 0.4) is 0 Å². The molecular formula is C31H37ClFN5O3. The van der Waals surface area contributed by atoms with Crippen LogP contribution in [0, 0.1) is 5.82 Å². The van der Waals surface area contributed by atoms with Gasteiger partial charge in [0, 0.05) is 50.4 Å². The highest BCUT2D eigenvalue weighted by Gasteiger charge is 2.43. The maximum Gasteiger partial charge on any atom is 0.290 e. The number of hydrogen-bond acceptors (Lipinski definition) is 7. The molecule has 2 aromatic heterocycles. The van der Waals surface area contributed by atoms with Crippen LogP contribution < -0.4 is 15.0 Å². The van der Waals surface area contributed by atoms with E-state index in [1.165, 1.54) is 30.5 Å². The minimum Gasteiger partial charge on any atom is -0.483 e. The van der Waals surface area contributed by atoms with Gasteiger partial charge in [0.1, 0.15) is 5.82 Å². The van der Waals surface area contributed by atoms with Crippen molar-refractivity contribution in [2.75, 3.05) is 44.2 Å². The van der Waals surface area contributed by atoms with Crippen molar-refractivity contribution in [2.24, 2.45) is 0 Å². The molecule has 0 bridgehead atoms. The lowest BCUT2D eigenvalue weighted by Gasteiger charge is -2.49. The predicted molar refractivity (Wildman–Crippen MR) is 158 cm³/mol. The number of ether oxygens (including phenoxy) is 1. The molecule has 1 aromatic carbocycles. The Bertz CT molecular complexity index is 1350. The third kappa shape index (κ3) is 6.47. The molecule has 0 unspecified atom stereocenters. The van der Waals surface area contributed by atoms with E-state index in [2.05, 4.69) is 32.2 Å². The molecule has 2 fully saturated rings. The van der Waals surface area contributed by atoms with Crippen LogP contribution in [0.1, 0.15) is 43.9 Å². The summed E-state index contributed by atoms with van der Waals surface area (Å²) in [4.78, 5) is 23.0. The Morgan fingerprint density at radius 3 is 2.76 bits per heavy atom. The van der Waals surface area contributed by atoms with Crippen LogP contribution in [-0.4, -0.2) is 71.8 Å². The number of carbonyl (C=O) groups is 1. The second kappa shape index (κ2) is 13.1. The summed E-state index contributed by atoms with van der Waals surface area (Å²) in [5, 5.41) is 11.0. The van der Waals surface area contributed by atoms with Gasteiger partial charge in [-0.1, -0.05) is 17.7 Å². The Labute approximate surface area is 245 Å². The zero-order valence-corrected chi connectivity index (χ0v) is 24.1. The lowest BCUT2D eigenvalue weighted by molar-refractivity contribution is -0.122. The maximum atomic E-state index is 13.7. The zero-order valence-electron chi connectivity index (χ0n) is 23.4. The molecule has 2 saturated heterocycles. The van der Waals surface area contributed by atoms with E-state index in [1.807, 2.05) is 19.1 Å². The van der Waals surface area contributed by atoms with Gasteiger partial charge in [-0.25, -0.2) is 9.37 Å². The number of nitrogens with one attached hydrogen (secondary N) is 1. The molecule has 0 amide bonds. The standard InChI is InChI=1S/C30H35ClFN5O.CH2O2/c1-2-38-29-23(6-4-14-34-29)26-9-8-24-27(35-26)19-36(18-22-5-3-13-33-22)20-30(24)11-15-37(16-12-30)28-10-7-21(32)17-25(28)31;2-1-3/h4,6-10,14,17,22,33H,2-3,5,11-13,15-16,18-20H2,1H3;1H,(H,2,3)/t22-;/m1./s1. The summed E-state index contributed by atoms with van der Waals surface area (Å²) in [6.45, 7) is 8.06. The van der Waals surface area contributed by atoms with E-state index in [9.17, 15) is 4.39 Å². The van der Waals surface area contributed by atoms with Crippen LogP contribution in [0.5, 0.6) is 5.88 Å². The highest BCUT2D eigenvalue weighted by atomic mass is 35.5. The Hall–Kier alpha value is -3.27. The first-order valence-electron chi connectivity index (χ1n) is 14.3. The summed E-state index contributed by atoms with van der Waals surface area (Å²) < 4.78 is 19.5. The van der Waals surface area contributed by atoms with Gasteiger partial charge >= 0.3 is 0 Å². The number of fused-ring (bicyclic) bond motifs is 2. The molecule has 10 heteroatoms. The fourth-order valence-electron chi connectivity index (χ4n) is 6.57. The van der Waals surface area contributed by atoms with E-state index in [1.54, 1.807) is 12.3 Å². The van der Waals surface area contributed by atoms with E-state index in [0.717, 1.165) is 74.7 Å². The van der Waals surface area contributed by atoms with Crippen LogP contribution in [0.25, 0.3) is 11.3 Å². The summed E-state index contributed by atoms with van der Waals surface area (Å²) in [5.41, 5.74) is 5.31. The van der Waals surface area contributed by atoms with E-state index in [0.29, 0.717) is 23.6 Å². The van der Waals surface area contributed by atoms with Gasteiger partial charge in [-0.05, 0) is 81.1 Å². The molecule has 0 saturated carbocycles. The number of piperidine rings is 1. The molecule has 3 aliphatic heterocycles. The minimum absolute atomic E-state index is 0.0262. The Balaban J connectivity index is 0.00000108. The summed E-state index contributed by atoms with van der Waals surface area (Å²) in [7, 11) is 0. The number of halogens is 2. The first-order valence-corrected chi connectivity index (χ1v) is 14.7. The first kappa shape index (κ1) is 29.2. The lowest BCUT2D eigenvalue weighted by atomic mass is 9.69. The lowest BCUT2D eigenvalue weighted by Crippen LogP contribution is -2.54. The molecule has 218 valence electrons. The zero-order chi connectivity index (χ0) is 28.8. The molecule has 6 rings (SSSR count). The number of nitrogens with zero attached hydrogens (tertiary/aromatic N) is 4. The Kier molecular flexibility index (Phi) is 9.37. The van der Waals surface area contributed by atoms with Crippen LogP contribution in [0.15, 0.2) is 48.7 Å². The number of aromatic nitrogens is 2. The smallest absolute Gasteiger partial charge is 0.290 e. The molecule has 0 aliphatic carbocycles. The van der Waals surface area contributed by atoms with E-state index < -0.39 is 0 Å². The first-order chi connectivity index (χ1) is 20.0. The fraction of sp³-hybridized carbons (Fsp3) is 0.452. The molecule has 3 aliphatic rings. The van der Waals surface area contributed by atoms with Gasteiger partial charge < -0.3 is 20.1 Å². The molecule has 1 spiro atoms. The quantitative estimate of drug-likeness (QED) is 0.387. The SMILES string of the molecule is CCOc1ncccc1-c1ccc2c(n1)CN(C[C@H]1CCCN1)CC21CCN(c2ccc(F)cc2Cl)CC1.O=CO. The summed E-state index contributed by atoms with van der Waals surface area (Å²) in [6.07, 6.45) is 6.24. The van der Waals surface area contributed by atoms with Crippen molar-refractivity contribution < 1.29 is 19.0 Å². The van der Waals surface area contributed by atoms with E-state index in [-0.39, 0.29) is 17.7 Å².